The van der Waals surface area contributed by atoms with Crippen molar-refractivity contribution >= 4 is 29.2 Å². The summed E-state index contributed by atoms with van der Waals surface area (Å²) in [6, 6.07) is 5.57. The molecule has 1 heterocycles. The predicted octanol–water partition coefficient (Wildman–Crippen LogP) is 5.33. The molecular formula is C19H24ClNO3. The quantitative estimate of drug-likeness (QED) is 0.692. The Morgan fingerprint density at radius 1 is 1.33 bits per heavy atom. The van der Waals surface area contributed by atoms with E-state index in [2.05, 4.69) is 6.58 Å². The van der Waals surface area contributed by atoms with Crippen LogP contribution in [0.15, 0.2) is 30.9 Å². The minimum absolute atomic E-state index is 0.352. The molecule has 0 saturated carbocycles. The topological polar surface area (TPSA) is 38.8 Å². The van der Waals surface area contributed by atoms with E-state index < -0.39 is 5.60 Å². The van der Waals surface area contributed by atoms with Crippen molar-refractivity contribution in [3.8, 4) is 0 Å². The highest BCUT2D eigenvalue weighted by atomic mass is 35.5. The Morgan fingerprint density at radius 2 is 2.04 bits per heavy atom. The molecule has 0 aliphatic carbocycles. The fourth-order valence-electron chi connectivity index (χ4n) is 2.49. The number of amides is 1. The average molecular weight is 350 g/mol. The van der Waals surface area contributed by atoms with Crippen LogP contribution in [-0.4, -0.2) is 30.2 Å². The Kier molecular flexibility index (Phi) is 5.60. The van der Waals surface area contributed by atoms with Gasteiger partial charge in [-0.1, -0.05) is 36.4 Å². The van der Waals surface area contributed by atoms with Gasteiger partial charge in [-0.25, -0.2) is 4.79 Å². The van der Waals surface area contributed by atoms with Gasteiger partial charge >= 0.3 is 6.09 Å². The van der Waals surface area contributed by atoms with E-state index >= 15 is 0 Å². The maximum absolute atomic E-state index is 12.5. The van der Waals surface area contributed by atoms with Gasteiger partial charge in [-0.3, -0.25) is 4.90 Å². The number of hydrogen-bond donors (Lipinski definition) is 0. The Balaban J connectivity index is 2.33. The second-order valence-corrected chi connectivity index (χ2v) is 7.09. The van der Waals surface area contributed by atoms with Gasteiger partial charge < -0.3 is 9.47 Å². The second kappa shape index (κ2) is 7.31. The van der Waals surface area contributed by atoms with Gasteiger partial charge in [0, 0.05) is 17.7 Å². The van der Waals surface area contributed by atoms with Crippen LogP contribution in [0.25, 0.3) is 11.5 Å². The van der Waals surface area contributed by atoms with Crippen LogP contribution in [0, 0.1) is 0 Å². The minimum Gasteiger partial charge on any atom is -0.497 e. The summed E-state index contributed by atoms with van der Waals surface area (Å²) in [7, 11) is 1.57. The lowest BCUT2D eigenvalue weighted by Crippen LogP contribution is -2.37. The number of rotatable bonds is 3. The lowest BCUT2D eigenvalue weighted by atomic mass is 10.0. The molecule has 1 aromatic carbocycles. The van der Waals surface area contributed by atoms with E-state index in [1.165, 1.54) is 0 Å². The Morgan fingerprint density at radius 3 is 2.62 bits per heavy atom. The zero-order valence-electron chi connectivity index (χ0n) is 14.7. The van der Waals surface area contributed by atoms with Gasteiger partial charge in [-0.15, -0.1) is 0 Å². The summed E-state index contributed by atoms with van der Waals surface area (Å²) < 4.78 is 10.7. The van der Waals surface area contributed by atoms with Gasteiger partial charge in [0.25, 0.3) is 0 Å². The molecule has 0 aromatic heterocycles. The van der Waals surface area contributed by atoms with E-state index in [0.717, 1.165) is 29.7 Å². The number of ether oxygens (including phenoxy) is 2. The summed E-state index contributed by atoms with van der Waals surface area (Å²) in [5.74, 6) is 0.546. The Bertz CT molecular complexity index is 674. The van der Waals surface area contributed by atoms with Crippen LogP contribution in [0.4, 0.5) is 4.79 Å². The third-order valence-electron chi connectivity index (χ3n) is 3.64. The Labute approximate surface area is 148 Å². The maximum atomic E-state index is 12.5. The second-order valence-electron chi connectivity index (χ2n) is 6.69. The van der Waals surface area contributed by atoms with Gasteiger partial charge in [0.15, 0.2) is 0 Å². The molecule has 0 bridgehead atoms. The van der Waals surface area contributed by atoms with Crippen LogP contribution >= 0.6 is 11.6 Å². The van der Waals surface area contributed by atoms with Crippen LogP contribution in [-0.2, 0) is 9.47 Å². The molecule has 130 valence electrons. The van der Waals surface area contributed by atoms with Crippen molar-refractivity contribution in [3.63, 3.8) is 0 Å². The number of hydrogen-bond acceptors (Lipinski definition) is 3. The van der Waals surface area contributed by atoms with E-state index in [9.17, 15) is 4.79 Å². The number of allylic oxidation sites excluding steroid dienone is 1. The first-order chi connectivity index (χ1) is 11.2. The van der Waals surface area contributed by atoms with Crippen LogP contribution in [0.5, 0.6) is 0 Å². The lowest BCUT2D eigenvalue weighted by molar-refractivity contribution is 0.0347. The average Bonchev–Trinajstić information content (AvgIpc) is 2.52. The standard InChI is InChI=1S/C19H24ClNO3/c1-13(23-5)14-9-10-15(16(20)12-14)17-8-6-7-11-21(17)18(22)24-19(2,3)4/h8-10,12H,1,6-7,11H2,2-5H3. The fraction of sp³-hybridized carbons (Fsp3) is 0.421. The molecule has 0 N–H and O–H groups in total. The van der Waals surface area contributed by atoms with Crippen molar-refractivity contribution in [2.24, 2.45) is 0 Å². The molecule has 0 saturated heterocycles. The number of benzene rings is 1. The molecule has 0 spiro atoms. The molecule has 0 fully saturated rings. The molecule has 4 nitrogen and oxygen atoms in total. The highest BCUT2D eigenvalue weighted by Crippen LogP contribution is 2.33. The molecule has 1 aliphatic heterocycles. The third-order valence-corrected chi connectivity index (χ3v) is 3.95. The molecule has 1 aromatic rings. The molecule has 5 heteroatoms. The van der Waals surface area contributed by atoms with Crippen molar-refractivity contribution in [1.29, 1.82) is 0 Å². The smallest absolute Gasteiger partial charge is 0.414 e. The summed E-state index contributed by atoms with van der Waals surface area (Å²) in [5, 5.41) is 0.549. The predicted molar refractivity (Wildman–Crippen MR) is 97.6 cm³/mol. The van der Waals surface area contributed by atoms with Crippen molar-refractivity contribution in [2.45, 2.75) is 39.2 Å². The fourth-order valence-corrected chi connectivity index (χ4v) is 2.77. The van der Waals surface area contributed by atoms with Crippen LogP contribution in [0.3, 0.4) is 0 Å². The number of carbonyl (C=O) groups is 1. The number of halogens is 1. The van der Waals surface area contributed by atoms with Gasteiger partial charge in [-0.2, -0.15) is 0 Å². The van der Waals surface area contributed by atoms with Gasteiger partial charge in [0.05, 0.1) is 17.8 Å². The first-order valence-corrected chi connectivity index (χ1v) is 8.34. The van der Waals surface area contributed by atoms with Gasteiger partial charge in [0.1, 0.15) is 11.4 Å². The Hall–Kier alpha value is -1.94. The van der Waals surface area contributed by atoms with E-state index in [1.54, 1.807) is 18.1 Å². The minimum atomic E-state index is -0.538. The van der Waals surface area contributed by atoms with Crippen LogP contribution < -0.4 is 0 Å². The lowest BCUT2D eigenvalue weighted by Gasteiger charge is -2.31. The van der Waals surface area contributed by atoms with Crippen molar-refractivity contribution < 1.29 is 14.3 Å². The number of methoxy groups -OCH3 is 1. The summed E-state index contributed by atoms with van der Waals surface area (Å²) in [6.07, 6.45) is 3.48. The molecule has 1 aliphatic rings. The van der Waals surface area contributed by atoms with E-state index in [4.69, 9.17) is 21.1 Å². The molecular weight excluding hydrogens is 326 g/mol. The largest absolute Gasteiger partial charge is 0.497 e. The van der Waals surface area contributed by atoms with Crippen molar-refractivity contribution in [1.82, 2.24) is 4.90 Å². The molecule has 1 amide bonds. The summed E-state index contributed by atoms with van der Waals surface area (Å²) >= 11 is 6.45. The van der Waals surface area contributed by atoms with E-state index in [0.29, 0.717) is 17.3 Å². The van der Waals surface area contributed by atoms with Crippen LogP contribution in [0.2, 0.25) is 5.02 Å². The van der Waals surface area contributed by atoms with Crippen molar-refractivity contribution in [3.05, 3.63) is 47.0 Å². The number of carbonyl (C=O) groups excluding carboxylic acids is 1. The molecule has 24 heavy (non-hydrogen) atoms. The zero-order valence-corrected chi connectivity index (χ0v) is 15.4. The first kappa shape index (κ1) is 18.4. The first-order valence-electron chi connectivity index (χ1n) is 7.97. The SMILES string of the molecule is C=C(OC)c1ccc(C2=CCCCN2C(=O)OC(C)(C)C)c(Cl)c1. The molecule has 0 atom stereocenters. The van der Waals surface area contributed by atoms with Crippen molar-refractivity contribution in [2.75, 3.05) is 13.7 Å². The summed E-state index contributed by atoms with van der Waals surface area (Å²) in [6.45, 7) is 10.0. The molecule has 0 unspecified atom stereocenters. The molecule has 0 radical (unpaired) electrons. The summed E-state index contributed by atoms with van der Waals surface area (Å²) in [5.41, 5.74) is 1.86. The summed E-state index contributed by atoms with van der Waals surface area (Å²) in [4.78, 5) is 14.2. The maximum Gasteiger partial charge on any atom is 0.414 e. The highest BCUT2D eigenvalue weighted by Gasteiger charge is 2.27. The van der Waals surface area contributed by atoms with Gasteiger partial charge in [-0.05, 0) is 39.7 Å². The molecule has 2 rings (SSSR count). The monoisotopic (exact) mass is 349 g/mol. The highest BCUT2D eigenvalue weighted by molar-refractivity contribution is 6.32. The zero-order chi connectivity index (χ0) is 17.9. The normalized spacial score (nSPS) is 14.9. The van der Waals surface area contributed by atoms with E-state index in [1.807, 2.05) is 39.0 Å². The van der Waals surface area contributed by atoms with Gasteiger partial charge in [0.2, 0.25) is 0 Å². The van der Waals surface area contributed by atoms with E-state index in [-0.39, 0.29) is 6.09 Å². The number of nitrogens with zero attached hydrogens (tertiary/aromatic N) is 1. The van der Waals surface area contributed by atoms with Crippen LogP contribution in [0.1, 0.15) is 44.7 Å². The third kappa shape index (κ3) is 4.32.